The van der Waals surface area contributed by atoms with E-state index in [9.17, 15) is 4.79 Å². The Balaban J connectivity index is 1.74. The van der Waals surface area contributed by atoms with Crippen LogP contribution in [0.15, 0.2) is 24.3 Å². The lowest BCUT2D eigenvalue weighted by Gasteiger charge is -2.30. The van der Waals surface area contributed by atoms with E-state index in [-0.39, 0.29) is 12.5 Å². The minimum Gasteiger partial charge on any atom is -0.483 e. The Kier molecular flexibility index (Phi) is 4.76. The van der Waals surface area contributed by atoms with E-state index in [1.165, 1.54) is 4.90 Å². The number of likely N-dealkylation sites (N-methyl/N-ethyl adjacent to an activating group) is 1. The van der Waals surface area contributed by atoms with Gasteiger partial charge in [-0.2, -0.15) is 0 Å². The van der Waals surface area contributed by atoms with E-state index in [1.54, 1.807) is 0 Å². The molecule has 1 heterocycles. The third kappa shape index (κ3) is 4.22. The van der Waals surface area contributed by atoms with Crippen LogP contribution < -0.4 is 15.1 Å². The van der Waals surface area contributed by atoms with Crippen LogP contribution in [0.2, 0.25) is 0 Å². The second-order valence-corrected chi connectivity index (χ2v) is 5.03. The summed E-state index contributed by atoms with van der Waals surface area (Å²) in [6.07, 6.45) is 0. The van der Waals surface area contributed by atoms with Gasteiger partial charge in [0.05, 0.1) is 33.2 Å². The number of hydrogen-bond acceptors (Lipinski definition) is 3. The maximum atomic E-state index is 11.8. The second kappa shape index (κ2) is 6.54. The molecule has 19 heavy (non-hydrogen) atoms. The minimum atomic E-state index is -0.0946. The van der Waals surface area contributed by atoms with Crippen molar-refractivity contribution in [2.45, 2.75) is 6.92 Å². The zero-order chi connectivity index (χ0) is 13.7. The number of hydrazine groups is 1. The average molecular weight is 264 g/mol. The summed E-state index contributed by atoms with van der Waals surface area (Å²) in [5.41, 5.74) is 3.93. The maximum absolute atomic E-state index is 11.8. The lowest BCUT2D eigenvalue weighted by atomic mass is 10.2. The summed E-state index contributed by atoms with van der Waals surface area (Å²) >= 11 is 0. The molecule has 5 nitrogen and oxygen atoms in total. The van der Waals surface area contributed by atoms with Gasteiger partial charge in [0.15, 0.2) is 6.61 Å². The molecule has 1 aromatic carbocycles. The molecule has 1 aliphatic rings. The number of ether oxygens (including phenoxy) is 1. The van der Waals surface area contributed by atoms with Crippen LogP contribution in [0.1, 0.15) is 5.56 Å². The Hall–Kier alpha value is -1.59. The molecule has 0 spiro atoms. The van der Waals surface area contributed by atoms with Crippen molar-refractivity contribution in [1.29, 1.82) is 0 Å². The van der Waals surface area contributed by atoms with Crippen LogP contribution in [0.5, 0.6) is 5.75 Å². The number of hydrogen-bond donors (Lipinski definition) is 2. The Bertz CT molecular complexity index is 428. The molecule has 1 aromatic rings. The Morgan fingerprint density at radius 2 is 2.05 bits per heavy atom. The number of benzene rings is 1. The van der Waals surface area contributed by atoms with E-state index in [4.69, 9.17) is 4.74 Å². The molecule has 104 valence electrons. The fourth-order valence-corrected chi connectivity index (χ4v) is 2.07. The minimum absolute atomic E-state index is 0.0596. The Labute approximate surface area is 114 Å². The van der Waals surface area contributed by atoms with Crippen LogP contribution >= 0.6 is 0 Å². The first-order valence-electron chi connectivity index (χ1n) is 6.69. The summed E-state index contributed by atoms with van der Waals surface area (Å²) in [4.78, 5) is 13.3. The molecule has 0 radical (unpaired) electrons. The van der Waals surface area contributed by atoms with E-state index in [0.29, 0.717) is 0 Å². The number of carbonyl (C=O) groups is 1. The van der Waals surface area contributed by atoms with Crippen molar-refractivity contribution in [3.8, 4) is 5.75 Å². The van der Waals surface area contributed by atoms with Gasteiger partial charge in [-0.25, -0.2) is 5.01 Å². The second-order valence-electron chi connectivity index (χ2n) is 5.03. The number of amides is 1. The fraction of sp³-hybridized carbons (Fsp3) is 0.500. The molecule has 0 bridgehead atoms. The predicted octanol–water partition coefficient (Wildman–Crippen LogP) is -0.765. The molecule has 1 aliphatic heterocycles. The van der Waals surface area contributed by atoms with Gasteiger partial charge in [-0.3, -0.25) is 10.2 Å². The number of piperazine rings is 1. The molecule has 0 saturated carbocycles. The third-order valence-corrected chi connectivity index (χ3v) is 3.35. The van der Waals surface area contributed by atoms with Crippen molar-refractivity contribution in [3.05, 3.63) is 29.8 Å². The number of para-hydroxylation sites is 1. The Morgan fingerprint density at radius 1 is 1.37 bits per heavy atom. The summed E-state index contributed by atoms with van der Waals surface area (Å²) in [6, 6.07) is 7.70. The van der Waals surface area contributed by atoms with Crippen LogP contribution in [0.25, 0.3) is 0 Å². The zero-order valence-electron chi connectivity index (χ0n) is 11.6. The van der Waals surface area contributed by atoms with Crippen molar-refractivity contribution >= 4 is 5.91 Å². The fourth-order valence-electron chi connectivity index (χ4n) is 2.07. The number of carbonyl (C=O) groups excluding carboxylic acids is 1. The van der Waals surface area contributed by atoms with E-state index in [2.05, 4.69) is 12.5 Å². The summed E-state index contributed by atoms with van der Waals surface area (Å²) in [5, 5.41) is 1.97. The number of aryl methyl sites for hydroxylation is 1. The highest BCUT2D eigenvalue weighted by Gasteiger charge is 2.18. The third-order valence-electron chi connectivity index (χ3n) is 3.35. The Morgan fingerprint density at radius 3 is 2.74 bits per heavy atom. The number of quaternary nitrogens is 1. The van der Waals surface area contributed by atoms with Crippen molar-refractivity contribution < 1.29 is 14.4 Å². The van der Waals surface area contributed by atoms with Gasteiger partial charge in [0.1, 0.15) is 5.75 Å². The first kappa shape index (κ1) is 13.8. The molecule has 2 N–H and O–H groups in total. The largest absolute Gasteiger partial charge is 0.483 e. The van der Waals surface area contributed by atoms with Crippen molar-refractivity contribution in [1.82, 2.24) is 10.4 Å². The van der Waals surface area contributed by atoms with Gasteiger partial charge >= 0.3 is 0 Å². The van der Waals surface area contributed by atoms with Gasteiger partial charge in [0, 0.05) is 0 Å². The number of rotatable bonds is 4. The van der Waals surface area contributed by atoms with Crippen molar-refractivity contribution in [2.75, 3.05) is 39.8 Å². The normalized spacial score (nSPS) is 17.2. The molecular formula is C14H22N3O2+. The lowest BCUT2D eigenvalue weighted by Crippen LogP contribution is -3.12. The predicted molar refractivity (Wildman–Crippen MR) is 73.0 cm³/mol. The number of nitrogens with one attached hydrogen (secondary N) is 2. The van der Waals surface area contributed by atoms with E-state index >= 15 is 0 Å². The molecule has 0 aromatic heterocycles. The lowest BCUT2D eigenvalue weighted by molar-refractivity contribution is -0.884. The smallest absolute Gasteiger partial charge is 0.272 e. The first-order chi connectivity index (χ1) is 9.15. The highest BCUT2D eigenvalue weighted by molar-refractivity contribution is 5.77. The molecule has 1 fully saturated rings. The molecule has 1 saturated heterocycles. The van der Waals surface area contributed by atoms with E-state index < -0.39 is 0 Å². The summed E-state index contributed by atoms with van der Waals surface area (Å²) in [6.45, 7) is 5.92. The highest BCUT2D eigenvalue weighted by atomic mass is 16.5. The van der Waals surface area contributed by atoms with Crippen LogP contribution in [0, 0.1) is 6.92 Å². The molecular weight excluding hydrogens is 242 g/mol. The molecule has 5 heteroatoms. The molecule has 0 aliphatic carbocycles. The molecule has 1 amide bonds. The van der Waals surface area contributed by atoms with Gasteiger partial charge in [-0.15, -0.1) is 0 Å². The van der Waals surface area contributed by atoms with Gasteiger partial charge in [0.25, 0.3) is 5.91 Å². The van der Waals surface area contributed by atoms with Crippen molar-refractivity contribution in [2.24, 2.45) is 0 Å². The van der Waals surface area contributed by atoms with Gasteiger partial charge in [-0.05, 0) is 18.6 Å². The van der Waals surface area contributed by atoms with E-state index in [1.807, 2.05) is 36.2 Å². The van der Waals surface area contributed by atoms with Gasteiger partial charge < -0.3 is 9.64 Å². The molecule has 2 rings (SSSR count). The monoisotopic (exact) mass is 264 g/mol. The molecule has 0 unspecified atom stereocenters. The van der Waals surface area contributed by atoms with E-state index in [0.717, 1.165) is 37.5 Å². The summed E-state index contributed by atoms with van der Waals surface area (Å²) in [7, 11) is 2.17. The van der Waals surface area contributed by atoms with Crippen molar-refractivity contribution in [3.63, 3.8) is 0 Å². The summed E-state index contributed by atoms with van der Waals surface area (Å²) < 4.78 is 5.52. The zero-order valence-corrected chi connectivity index (χ0v) is 11.6. The summed E-state index contributed by atoms with van der Waals surface area (Å²) in [5.74, 6) is 0.670. The van der Waals surface area contributed by atoms with Crippen LogP contribution in [-0.2, 0) is 4.79 Å². The quantitative estimate of drug-likeness (QED) is 0.751. The maximum Gasteiger partial charge on any atom is 0.272 e. The van der Waals surface area contributed by atoms with Crippen LogP contribution in [0.3, 0.4) is 0 Å². The topological polar surface area (TPSA) is 46.0 Å². The standard InChI is InChI=1S/C14H21N3O2/c1-12-5-3-4-6-13(12)19-11-14(18)15-17-9-7-16(2)8-10-17/h3-6H,7-11H2,1-2H3,(H,15,18)/p+1. The van der Waals surface area contributed by atoms with Crippen LogP contribution in [-0.4, -0.2) is 50.7 Å². The van der Waals surface area contributed by atoms with Crippen LogP contribution in [0.4, 0.5) is 0 Å². The SMILES string of the molecule is Cc1ccccc1OCC(=O)NN1CC[NH+](C)CC1. The number of nitrogens with zero attached hydrogens (tertiary/aromatic N) is 1. The first-order valence-corrected chi connectivity index (χ1v) is 6.69. The average Bonchev–Trinajstić information content (AvgIpc) is 2.40. The van der Waals surface area contributed by atoms with Gasteiger partial charge in [-0.1, -0.05) is 18.2 Å². The highest BCUT2D eigenvalue weighted by Crippen LogP contribution is 2.15. The van der Waals surface area contributed by atoms with Gasteiger partial charge in [0.2, 0.25) is 0 Å². The molecule has 0 atom stereocenters.